The van der Waals surface area contributed by atoms with Gasteiger partial charge in [0.2, 0.25) is 0 Å². The SMILES string of the molecule is CCn1ccnc(N[C@H]2CCC[C@@H]2OCC2CC2)c1=O. The van der Waals surface area contributed by atoms with Gasteiger partial charge in [-0.2, -0.15) is 0 Å². The van der Waals surface area contributed by atoms with Gasteiger partial charge in [0.05, 0.1) is 12.1 Å². The molecule has 2 saturated carbocycles. The molecule has 5 nitrogen and oxygen atoms in total. The van der Waals surface area contributed by atoms with Crippen LogP contribution in [0.5, 0.6) is 0 Å². The molecular formula is C15H23N3O2. The van der Waals surface area contributed by atoms with Gasteiger partial charge < -0.3 is 14.6 Å². The van der Waals surface area contributed by atoms with Gasteiger partial charge in [-0.15, -0.1) is 0 Å². The Morgan fingerprint density at radius 1 is 1.40 bits per heavy atom. The second-order valence-corrected chi connectivity index (χ2v) is 5.86. The van der Waals surface area contributed by atoms with Crippen molar-refractivity contribution in [3.8, 4) is 0 Å². The van der Waals surface area contributed by atoms with Gasteiger partial charge in [0.15, 0.2) is 5.82 Å². The molecular weight excluding hydrogens is 254 g/mol. The molecule has 5 heteroatoms. The van der Waals surface area contributed by atoms with Crippen LogP contribution in [0.15, 0.2) is 17.2 Å². The summed E-state index contributed by atoms with van der Waals surface area (Å²) in [6, 6.07) is 0.224. The van der Waals surface area contributed by atoms with Crippen LogP contribution in [-0.2, 0) is 11.3 Å². The summed E-state index contributed by atoms with van der Waals surface area (Å²) in [7, 11) is 0. The highest BCUT2D eigenvalue weighted by Crippen LogP contribution is 2.31. The third-order valence-corrected chi connectivity index (χ3v) is 4.27. The van der Waals surface area contributed by atoms with Crippen molar-refractivity contribution < 1.29 is 4.74 Å². The summed E-state index contributed by atoms with van der Waals surface area (Å²) in [4.78, 5) is 16.4. The van der Waals surface area contributed by atoms with Crippen molar-refractivity contribution in [1.82, 2.24) is 9.55 Å². The Hall–Kier alpha value is -1.36. The standard InChI is InChI=1S/C15H23N3O2/c1-2-18-9-8-16-14(15(18)19)17-12-4-3-5-13(12)20-10-11-6-7-11/h8-9,11-13H,2-7,10H2,1H3,(H,16,17)/t12-,13-/m0/s1. The lowest BCUT2D eigenvalue weighted by molar-refractivity contribution is 0.0447. The van der Waals surface area contributed by atoms with Gasteiger partial charge >= 0.3 is 0 Å². The van der Waals surface area contributed by atoms with Crippen LogP contribution in [-0.4, -0.2) is 28.3 Å². The maximum atomic E-state index is 12.2. The molecule has 110 valence electrons. The average molecular weight is 277 g/mol. The van der Waals surface area contributed by atoms with E-state index in [9.17, 15) is 4.79 Å². The molecule has 0 bridgehead atoms. The number of rotatable bonds is 6. The van der Waals surface area contributed by atoms with E-state index in [0.29, 0.717) is 12.4 Å². The summed E-state index contributed by atoms with van der Waals surface area (Å²) in [5.74, 6) is 1.24. The van der Waals surface area contributed by atoms with Crippen LogP contribution in [0.1, 0.15) is 39.0 Å². The van der Waals surface area contributed by atoms with E-state index in [-0.39, 0.29) is 17.7 Å². The van der Waals surface area contributed by atoms with E-state index in [1.807, 2.05) is 6.92 Å². The van der Waals surface area contributed by atoms with Crippen molar-refractivity contribution in [2.75, 3.05) is 11.9 Å². The van der Waals surface area contributed by atoms with Gasteiger partial charge in [-0.3, -0.25) is 4.79 Å². The Labute approximate surface area is 119 Å². The Balaban J connectivity index is 1.64. The topological polar surface area (TPSA) is 56.1 Å². The first-order chi connectivity index (χ1) is 9.78. The summed E-state index contributed by atoms with van der Waals surface area (Å²) in [6.07, 6.45) is 9.55. The normalized spacial score (nSPS) is 25.9. The molecule has 0 aliphatic heterocycles. The van der Waals surface area contributed by atoms with E-state index in [2.05, 4.69) is 10.3 Å². The number of nitrogens with zero attached hydrogens (tertiary/aromatic N) is 2. The zero-order valence-electron chi connectivity index (χ0n) is 12.0. The van der Waals surface area contributed by atoms with Crippen molar-refractivity contribution in [3.05, 3.63) is 22.7 Å². The molecule has 0 amide bonds. The summed E-state index contributed by atoms with van der Waals surface area (Å²) in [6.45, 7) is 3.51. The number of aromatic nitrogens is 2. The lowest BCUT2D eigenvalue weighted by Crippen LogP contribution is -2.35. The Bertz CT molecular complexity index is 510. The lowest BCUT2D eigenvalue weighted by Gasteiger charge is -2.21. The van der Waals surface area contributed by atoms with Gasteiger partial charge in [0.1, 0.15) is 0 Å². The van der Waals surface area contributed by atoms with Crippen molar-refractivity contribution in [1.29, 1.82) is 0 Å². The number of hydrogen-bond acceptors (Lipinski definition) is 4. The minimum Gasteiger partial charge on any atom is -0.376 e. The van der Waals surface area contributed by atoms with Crippen molar-refractivity contribution >= 4 is 5.82 Å². The summed E-state index contributed by atoms with van der Waals surface area (Å²) in [5, 5.41) is 3.31. The molecule has 2 atom stereocenters. The highest BCUT2D eigenvalue weighted by molar-refractivity contribution is 5.33. The van der Waals surface area contributed by atoms with Crippen LogP contribution >= 0.6 is 0 Å². The average Bonchev–Trinajstić information content (AvgIpc) is 3.19. The first kappa shape index (κ1) is 13.6. The second-order valence-electron chi connectivity index (χ2n) is 5.86. The highest BCUT2D eigenvalue weighted by atomic mass is 16.5. The van der Waals surface area contributed by atoms with Crippen LogP contribution in [0.2, 0.25) is 0 Å². The zero-order chi connectivity index (χ0) is 13.9. The monoisotopic (exact) mass is 277 g/mol. The predicted octanol–water partition coefficient (Wildman–Crippen LogP) is 2.02. The molecule has 2 aliphatic carbocycles. The number of ether oxygens (including phenoxy) is 1. The van der Waals surface area contributed by atoms with Crippen LogP contribution in [0, 0.1) is 5.92 Å². The quantitative estimate of drug-likeness (QED) is 0.864. The first-order valence-corrected chi connectivity index (χ1v) is 7.71. The minimum absolute atomic E-state index is 0.0390. The third-order valence-electron chi connectivity index (χ3n) is 4.27. The summed E-state index contributed by atoms with van der Waals surface area (Å²) >= 11 is 0. The van der Waals surface area contributed by atoms with Crippen molar-refractivity contribution in [3.63, 3.8) is 0 Å². The molecule has 0 radical (unpaired) electrons. The largest absolute Gasteiger partial charge is 0.376 e. The van der Waals surface area contributed by atoms with E-state index in [0.717, 1.165) is 31.8 Å². The number of nitrogens with one attached hydrogen (secondary N) is 1. The number of anilines is 1. The highest BCUT2D eigenvalue weighted by Gasteiger charge is 2.31. The molecule has 20 heavy (non-hydrogen) atoms. The molecule has 1 heterocycles. The van der Waals surface area contributed by atoms with Crippen molar-refractivity contribution in [2.45, 2.75) is 57.7 Å². The molecule has 2 aliphatic rings. The van der Waals surface area contributed by atoms with E-state index in [1.165, 1.54) is 12.8 Å². The van der Waals surface area contributed by atoms with E-state index in [4.69, 9.17) is 4.74 Å². The van der Waals surface area contributed by atoms with Crippen LogP contribution in [0.25, 0.3) is 0 Å². The van der Waals surface area contributed by atoms with Gasteiger partial charge in [-0.05, 0) is 44.9 Å². The molecule has 1 aromatic heterocycles. The fourth-order valence-corrected chi connectivity index (χ4v) is 2.81. The molecule has 2 fully saturated rings. The fourth-order valence-electron chi connectivity index (χ4n) is 2.81. The minimum atomic E-state index is -0.0390. The zero-order valence-corrected chi connectivity index (χ0v) is 12.0. The smallest absolute Gasteiger partial charge is 0.293 e. The van der Waals surface area contributed by atoms with E-state index >= 15 is 0 Å². The lowest BCUT2D eigenvalue weighted by atomic mass is 10.2. The van der Waals surface area contributed by atoms with E-state index in [1.54, 1.807) is 17.0 Å². The Kier molecular flexibility index (Phi) is 4.05. The first-order valence-electron chi connectivity index (χ1n) is 7.71. The third kappa shape index (κ3) is 3.03. The maximum Gasteiger partial charge on any atom is 0.293 e. The van der Waals surface area contributed by atoms with Gasteiger partial charge in [0, 0.05) is 25.5 Å². The molecule has 0 saturated heterocycles. The summed E-state index contributed by atoms with van der Waals surface area (Å²) in [5.41, 5.74) is -0.0390. The van der Waals surface area contributed by atoms with Gasteiger partial charge in [0.25, 0.3) is 5.56 Å². The Morgan fingerprint density at radius 3 is 3.00 bits per heavy atom. The van der Waals surface area contributed by atoms with Crippen LogP contribution < -0.4 is 10.9 Å². The number of hydrogen-bond donors (Lipinski definition) is 1. The second kappa shape index (κ2) is 5.95. The molecule has 0 spiro atoms. The van der Waals surface area contributed by atoms with E-state index < -0.39 is 0 Å². The van der Waals surface area contributed by atoms with Crippen LogP contribution in [0.3, 0.4) is 0 Å². The number of aryl methyl sites for hydroxylation is 1. The molecule has 1 N–H and O–H groups in total. The van der Waals surface area contributed by atoms with Gasteiger partial charge in [-0.1, -0.05) is 0 Å². The molecule has 0 aromatic carbocycles. The van der Waals surface area contributed by atoms with Gasteiger partial charge in [-0.25, -0.2) is 4.98 Å². The molecule has 1 aromatic rings. The molecule has 3 rings (SSSR count). The van der Waals surface area contributed by atoms with Crippen molar-refractivity contribution in [2.24, 2.45) is 5.92 Å². The fraction of sp³-hybridized carbons (Fsp3) is 0.733. The summed E-state index contributed by atoms with van der Waals surface area (Å²) < 4.78 is 7.68. The predicted molar refractivity (Wildman–Crippen MR) is 77.9 cm³/mol. The molecule has 0 unspecified atom stereocenters. The van der Waals surface area contributed by atoms with Crippen LogP contribution in [0.4, 0.5) is 5.82 Å². The Morgan fingerprint density at radius 2 is 2.25 bits per heavy atom. The maximum absolute atomic E-state index is 12.2.